The predicted molar refractivity (Wildman–Crippen MR) is 113 cm³/mol. The summed E-state index contributed by atoms with van der Waals surface area (Å²) in [7, 11) is 0. The Bertz CT molecular complexity index is 936. The van der Waals surface area contributed by atoms with E-state index in [2.05, 4.69) is 22.5 Å². The molecule has 0 saturated carbocycles. The fraction of sp³-hybridized carbons (Fsp3) is 0.409. The first-order valence-electron chi connectivity index (χ1n) is 10.2. The van der Waals surface area contributed by atoms with Crippen LogP contribution in [0.25, 0.3) is 0 Å². The number of piperidine rings is 1. The minimum absolute atomic E-state index is 0.0868. The number of anilines is 1. The normalized spacial score (nSPS) is 15.4. The summed E-state index contributed by atoms with van der Waals surface area (Å²) in [6.45, 7) is 4.52. The van der Waals surface area contributed by atoms with E-state index < -0.39 is 17.3 Å². The molecule has 2 aromatic rings. The molecule has 2 amide bonds. The van der Waals surface area contributed by atoms with Crippen molar-refractivity contribution in [2.45, 2.75) is 38.8 Å². The van der Waals surface area contributed by atoms with Crippen molar-refractivity contribution in [1.29, 1.82) is 0 Å². The van der Waals surface area contributed by atoms with Crippen LogP contribution in [0.4, 0.5) is 10.1 Å². The molecule has 1 aromatic carbocycles. The molecule has 1 saturated heterocycles. The molecule has 2 heterocycles. The van der Waals surface area contributed by atoms with E-state index in [1.54, 1.807) is 6.07 Å². The van der Waals surface area contributed by atoms with E-state index >= 15 is 0 Å². The van der Waals surface area contributed by atoms with E-state index in [4.69, 9.17) is 0 Å². The second-order valence-corrected chi connectivity index (χ2v) is 7.57. The largest absolute Gasteiger partial charge is 0.353 e. The summed E-state index contributed by atoms with van der Waals surface area (Å²) in [4.78, 5) is 39.7. The van der Waals surface area contributed by atoms with Gasteiger partial charge in [0, 0.05) is 24.5 Å². The number of aromatic nitrogens is 1. The van der Waals surface area contributed by atoms with Crippen LogP contribution in [-0.4, -0.2) is 47.0 Å². The first-order valence-corrected chi connectivity index (χ1v) is 10.2. The number of halogens is 1. The maximum Gasteiger partial charge on any atom is 0.263 e. The molecule has 0 bridgehead atoms. The summed E-state index contributed by atoms with van der Waals surface area (Å²) in [5, 5.41) is 5.43. The van der Waals surface area contributed by atoms with Crippen LogP contribution in [0.5, 0.6) is 0 Å². The third kappa shape index (κ3) is 5.76. The number of nitrogens with one attached hydrogen (secondary N) is 2. The monoisotopic (exact) mass is 414 g/mol. The van der Waals surface area contributed by atoms with Gasteiger partial charge in [-0.3, -0.25) is 19.3 Å². The Balaban J connectivity index is 1.58. The van der Waals surface area contributed by atoms with Crippen LogP contribution in [0.2, 0.25) is 0 Å². The molecule has 2 N–H and O–H groups in total. The molecule has 160 valence electrons. The highest BCUT2D eigenvalue weighted by molar-refractivity contribution is 6.04. The van der Waals surface area contributed by atoms with Gasteiger partial charge in [-0.05, 0) is 69.3 Å². The lowest BCUT2D eigenvalue weighted by Crippen LogP contribution is -2.45. The number of nitrogens with zero attached hydrogens (tertiary/aromatic N) is 2. The van der Waals surface area contributed by atoms with Crippen molar-refractivity contribution >= 4 is 17.5 Å². The Morgan fingerprint density at radius 2 is 1.80 bits per heavy atom. The van der Waals surface area contributed by atoms with Crippen LogP contribution < -0.4 is 16.2 Å². The van der Waals surface area contributed by atoms with Crippen molar-refractivity contribution in [2.75, 3.05) is 25.0 Å². The molecular formula is C22H27FN4O3. The average molecular weight is 414 g/mol. The molecule has 3 rings (SSSR count). The summed E-state index contributed by atoms with van der Waals surface area (Å²) in [6, 6.07) is 8.43. The highest BCUT2D eigenvalue weighted by Crippen LogP contribution is 2.11. The highest BCUT2D eigenvalue weighted by atomic mass is 19.1. The van der Waals surface area contributed by atoms with Gasteiger partial charge in [0.1, 0.15) is 17.9 Å². The molecule has 1 aliphatic heterocycles. The summed E-state index contributed by atoms with van der Waals surface area (Å²) in [5.41, 5.74) is -0.270. The van der Waals surface area contributed by atoms with E-state index in [0.29, 0.717) is 12.2 Å². The summed E-state index contributed by atoms with van der Waals surface area (Å²) in [5.74, 6) is -1.31. The molecule has 0 spiro atoms. The van der Waals surface area contributed by atoms with E-state index in [-0.39, 0.29) is 24.1 Å². The van der Waals surface area contributed by atoms with E-state index in [1.807, 2.05) is 0 Å². The highest BCUT2D eigenvalue weighted by Gasteiger charge is 2.18. The zero-order valence-electron chi connectivity index (χ0n) is 17.1. The van der Waals surface area contributed by atoms with Crippen molar-refractivity contribution in [1.82, 2.24) is 14.8 Å². The third-order valence-electron chi connectivity index (χ3n) is 5.29. The van der Waals surface area contributed by atoms with Gasteiger partial charge in [0.25, 0.3) is 11.5 Å². The van der Waals surface area contributed by atoms with Crippen molar-refractivity contribution in [3.05, 3.63) is 64.3 Å². The van der Waals surface area contributed by atoms with Crippen LogP contribution in [0.15, 0.2) is 47.4 Å². The second kappa shape index (κ2) is 10.2. The molecule has 1 aliphatic rings. The van der Waals surface area contributed by atoms with Gasteiger partial charge in [0.05, 0.1) is 0 Å². The summed E-state index contributed by atoms with van der Waals surface area (Å²) < 4.78 is 14.2. The predicted octanol–water partition coefficient (Wildman–Crippen LogP) is 2.23. The fourth-order valence-corrected chi connectivity index (χ4v) is 3.53. The molecule has 1 aromatic heterocycles. The van der Waals surface area contributed by atoms with Gasteiger partial charge >= 0.3 is 0 Å². The topological polar surface area (TPSA) is 83.4 Å². The Labute approximate surface area is 174 Å². The van der Waals surface area contributed by atoms with Gasteiger partial charge in [-0.1, -0.05) is 6.42 Å². The lowest BCUT2D eigenvalue weighted by atomic mass is 10.1. The minimum atomic E-state index is -0.611. The third-order valence-corrected chi connectivity index (χ3v) is 5.29. The summed E-state index contributed by atoms with van der Waals surface area (Å²) in [6.07, 6.45) is 5.09. The lowest BCUT2D eigenvalue weighted by molar-refractivity contribution is -0.122. The van der Waals surface area contributed by atoms with E-state index in [0.717, 1.165) is 13.1 Å². The van der Waals surface area contributed by atoms with Gasteiger partial charge < -0.3 is 15.2 Å². The number of amides is 2. The van der Waals surface area contributed by atoms with Gasteiger partial charge in [-0.15, -0.1) is 0 Å². The quantitative estimate of drug-likeness (QED) is 0.728. The number of likely N-dealkylation sites (tertiary alicyclic amines) is 1. The van der Waals surface area contributed by atoms with Gasteiger partial charge in [0.15, 0.2) is 0 Å². The molecule has 1 fully saturated rings. The number of hydrogen-bond donors (Lipinski definition) is 2. The molecular weight excluding hydrogens is 387 g/mol. The smallest absolute Gasteiger partial charge is 0.263 e. The number of rotatable bonds is 7. The van der Waals surface area contributed by atoms with Crippen LogP contribution in [0.1, 0.15) is 36.5 Å². The molecule has 0 unspecified atom stereocenters. The number of pyridine rings is 1. The Morgan fingerprint density at radius 3 is 2.50 bits per heavy atom. The first kappa shape index (κ1) is 21.7. The zero-order valence-corrected chi connectivity index (χ0v) is 17.1. The second-order valence-electron chi connectivity index (χ2n) is 7.57. The van der Waals surface area contributed by atoms with E-state index in [9.17, 15) is 18.8 Å². The molecule has 30 heavy (non-hydrogen) atoms. The molecule has 1 atom stereocenters. The number of hydrogen-bond acceptors (Lipinski definition) is 4. The van der Waals surface area contributed by atoms with Crippen LogP contribution in [-0.2, 0) is 11.3 Å². The number of benzene rings is 1. The van der Waals surface area contributed by atoms with Gasteiger partial charge in [-0.2, -0.15) is 0 Å². The SMILES string of the molecule is C[C@@H](CNC(=O)Cn1cccc(C(=O)Nc2ccc(F)cc2)c1=O)N1CCCCC1. The Hall–Kier alpha value is -3.00. The van der Waals surface area contributed by atoms with Crippen molar-refractivity contribution in [3.63, 3.8) is 0 Å². The Kier molecular flexibility index (Phi) is 7.35. The van der Waals surface area contributed by atoms with Crippen LogP contribution in [0, 0.1) is 5.82 Å². The van der Waals surface area contributed by atoms with E-state index in [1.165, 1.54) is 60.4 Å². The maximum atomic E-state index is 13.0. The molecule has 8 heteroatoms. The Morgan fingerprint density at radius 1 is 1.10 bits per heavy atom. The standard InChI is InChI=1S/C22H27FN4O3/c1-16(26-11-3-2-4-12-26)14-24-20(28)15-27-13-5-6-19(22(27)30)21(29)25-18-9-7-17(23)8-10-18/h5-10,13,16H,2-4,11-12,14-15H2,1H3,(H,24,28)(H,25,29)/t16-/m0/s1. The molecule has 7 nitrogen and oxygen atoms in total. The van der Waals surface area contributed by atoms with Crippen LogP contribution >= 0.6 is 0 Å². The minimum Gasteiger partial charge on any atom is -0.353 e. The van der Waals surface area contributed by atoms with Crippen molar-refractivity contribution in [2.24, 2.45) is 0 Å². The van der Waals surface area contributed by atoms with Gasteiger partial charge in [-0.25, -0.2) is 4.39 Å². The van der Waals surface area contributed by atoms with Gasteiger partial charge in [0.2, 0.25) is 5.91 Å². The molecule has 0 radical (unpaired) electrons. The van der Waals surface area contributed by atoms with Crippen LogP contribution in [0.3, 0.4) is 0 Å². The van der Waals surface area contributed by atoms with Crippen molar-refractivity contribution in [3.8, 4) is 0 Å². The molecule has 0 aliphatic carbocycles. The summed E-state index contributed by atoms with van der Waals surface area (Å²) >= 11 is 0. The lowest BCUT2D eigenvalue weighted by Gasteiger charge is -2.32. The number of carbonyl (C=O) groups excluding carboxylic acids is 2. The fourth-order valence-electron chi connectivity index (χ4n) is 3.53. The first-order chi connectivity index (χ1) is 14.4. The average Bonchev–Trinajstić information content (AvgIpc) is 2.75. The van der Waals surface area contributed by atoms with Crippen molar-refractivity contribution < 1.29 is 14.0 Å². The number of carbonyl (C=O) groups is 2. The zero-order chi connectivity index (χ0) is 21.5. The maximum absolute atomic E-state index is 13.0.